The topological polar surface area (TPSA) is 96.8 Å². The highest BCUT2D eigenvalue weighted by molar-refractivity contribution is 5.68. The molecule has 1 amide bonds. The zero-order valence-electron chi connectivity index (χ0n) is 8.54. The molecule has 1 rings (SSSR count). The van der Waals surface area contributed by atoms with Crippen molar-refractivity contribution in [2.75, 3.05) is 27.3 Å². The normalized spacial score (nSPS) is 15.2. The van der Waals surface area contributed by atoms with Gasteiger partial charge in [0.05, 0.1) is 0 Å². The van der Waals surface area contributed by atoms with Crippen LogP contribution < -0.4 is 0 Å². The van der Waals surface area contributed by atoms with Crippen LogP contribution in [0.25, 0.3) is 10.4 Å². The van der Waals surface area contributed by atoms with E-state index in [0.717, 1.165) is 6.42 Å². The second kappa shape index (κ2) is 4.83. The molecule has 84 valence electrons. The highest BCUT2D eigenvalue weighted by atomic mass is 16.9. The summed E-state index contributed by atoms with van der Waals surface area (Å²) in [6, 6.07) is 0. The second-order valence-corrected chi connectivity index (χ2v) is 2.83. The molecule has 1 heterocycles. The number of nitrogens with zero attached hydrogens (tertiary/aromatic N) is 4. The van der Waals surface area contributed by atoms with Gasteiger partial charge in [-0.3, -0.25) is 0 Å². The number of carbonyl (C=O) groups is 1. The quantitative estimate of drug-likeness (QED) is 0.303. The average molecular weight is 216 g/mol. The number of amides is 1. The third kappa shape index (κ3) is 2.50. The SMILES string of the molecule is COC(N=[N+]=[N-])(OC)OC(=O)N1CCC1. The average Bonchev–Trinajstić information content (AvgIpc) is 2.14. The van der Waals surface area contributed by atoms with Crippen LogP contribution in [0.5, 0.6) is 0 Å². The Labute approximate surface area is 86.3 Å². The maximum Gasteiger partial charge on any atom is 0.417 e. The Balaban J connectivity index is 2.64. The molecule has 1 aliphatic heterocycles. The number of hydrogen-bond acceptors (Lipinski definition) is 5. The largest absolute Gasteiger partial charge is 0.417 e. The predicted octanol–water partition coefficient (Wildman–Crippen LogP) is 1.04. The number of likely N-dealkylation sites (tertiary alicyclic amines) is 1. The van der Waals surface area contributed by atoms with Crippen molar-refractivity contribution in [3.63, 3.8) is 0 Å². The summed E-state index contributed by atoms with van der Waals surface area (Å²) >= 11 is 0. The monoisotopic (exact) mass is 216 g/mol. The summed E-state index contributed by atoms with van der Waals surface area (Å²) in [6.07, 6.45) is -1.71. The first kappa shape index (κ1) is 11.6. The molecule has 8 heteroatoms. The number of hydrogen-bond donors (Lipinski definition) is 0. The van der Waals surface area contributed by atoms with Gasteiger partial charge in [-0.25, -0.2) is 4.79 Å². The molecule has 0 aromatic carbocycles. The van der Waals surface area contributed by atoms with Crippen molar-refractivity contribution in [2.24, 2.45) is 5.11 Å². The van der Waals surface area contributed by atoms with E-state index < -0.39 is 12.2 Å². The molecule has 1 fully saturated rings. The van der Waals surface area contributed by atoms with E-state index in [1.54, 1.807) is 0 Å². The van der Waals surface area contributed by atoms with E-state index in [9.17, 15) is 4.79 Å². The third-order valence-electron chi connectivity index (χ3n) is 2.01. The van der Waals surface area contributed by atoms with Crippen LogP contribution in [0.1, 0.15) is 6.42 Å². The van der Waals surface area contributed by atoms with Crippen LogP contribution in [0.15, 0.2) is 5.11 Å². The second-order valence-electron chi connectivity index (χ2n) is 2.83. The van der Waals surface area contributed by atoms with Gasteiger partial charge in [-0.15, -0.1) is 0 Å². The Morgan fingerprint density at radius 3 is 2.40 bits per heavy atom. The van der Waals surface area contributed by atoms with Gasteiger partial charge < -0.3 is 19.1 Å². The van der Waals surface area contributed by atoms with E-state index in [4.69, 9.17) is 19.7 Å². The summed E-state index contributed by atoms with van der Waals surface area (Å²) in [4.78, 5) is 15.3. The lowest BCUT2D eigenvalue weighted by atomic mass is 10.2. The molecule has 0 unspecified atom stereocenters. The van der Waals surface area contributed by atoms with Gasteiger partial charge in [0.1, 0.15) is 0 Å². The van der Waals surface area contributed by atoms with Gasteiger partial charge in [-0.1, -0.05) is 0 Å². The Morgan fingerprint density at radius 2 is 2.07 bits per heavy atom. The molecule has 0 atom stereocenters. The van der Waals surface area contributed by atoms with Crippen molar-refractivity contribution in [1.29, 1.82) is 0 Å². The van der Waals surface area contributed by atoms with Crippen LogP contribution in [0.4, 0.5) is 4.79 Å². The first-order chi connectivity index (χ1) is 7.17. The molecule has 0 saturated carbocycles. The van der Waals surface area contributed by atoms with Crippen molar-refractivity contribution in [3.05, 3.63) is 10.4 Å². The molecule has 1 aliphatic rings. The van der Waals surface area contributed by atoms with E-state index in [-0.39, 0.29) is 0 Å². The summed E-state index contributed by atoms with van der Waals surface area (Å²) in [5.74, 6) is 0. The number of carbonyl (C=O) groups excluding carboxylic acids is 1. The van der Waals surface area contributed by atoms with E-state index in [2.05, 4.69) is 10.0 Å². The van der Waals surface area contributed by atoms with Crippen molar-refractivity contribution in [3.8, 4) is 0 Å². The van der Waals surface area contributed by atoms with Gasteiger partial charge in [0.2, 0.25) is 0 Å². The van der Waals surface area contributed by atoms with Crippen LogP contribution in [-0.4, -0.2) is 44.4 Å². The summed E-state index contributed by atoms with van der Waals surface area (Å²) in [5.41, 5.74) is 8.28. The Bertz CT molecular complexity index is 281. The molecular formula is C7H12N4O4. The van der Waals surface area contributed by atoms with Crippen molar-refractivity contribution < 1.29 is 19.0 Å². The van der Waals surface area contributed by atoms with E-state index in [0.29, 0.717) is 13.1 Å². The highest BCUT2D eigenvalue weighted by Crippen LogP contribution is 2.19. The molecule has 0 N–H and O–H groups in total. The minimum absolute atomic E-state index is 0.624. The Hall–Kier alpha value is -1.50. The molecule has 0 aromatic rings. The standard InChI is InChI=1S/C7H12N4O4/c1-13-7(14-2,9-10-8)15-6(12)11-4-3-5-11/h3-5H2,1-2H3. The number of azide groups is 1. The third-order valence-corrected chi connectivity index (χ3v) is 2.01. The van der Waals surface area contributed by atoms with E-state index >= 15 is 0 Å². The highest BCUT2D eigenvalue weighted by Gasteiger charge is 2.37. The first-order valence-electron chi connectivity index (χ1n) is 4.32. The van der Waals surface area contributed by atoms with Gasteiger partial charge >= 0.3 is 12.2 Å². The summed E-state index contributed by atoms with van der Waals surface area (Å²) in [6.45, 7) is 1.25. The first-order valence-corrected chi connectivity index (χ1v) is 4.32. The molecule has 0 aromatic heterocycles. The van der Waals surface area contributed by atoms with Gasteiger partial charge in [0.25, 0.3) is 0 Å². The molecule has 0 bridgehead atoms. The summed E-state index contributed by atoms with van der Waals surface area (Å²) in [5, 5.41) is 3.14. The van der Waals surface area contributed by atoms with Crippen LogP contribution in [0.3, 0.4) is 0 Å². The molecule has 1 saturated heterocycles. The lowest BCUT2D eigenvalue weighted by molar-refractivity contribution is -0.333. The van der Waals surface area contributed by atoms with E-state index in [1.807, 2.05) is 0 Å². The fourth-order valence-corrected chi connectivity index (χ4v) is 0.997. The molecule has 8 nitrogen and oxygen atoms in total. The van der Waals surface area contributed by atoms with Crippen molar-refractivity contribution in [1.82, 2.24) is 4.90 Å². The molecule has 0 aliphatic carbocycles. The lowest BCUT2D eigenvalue weighted by Crippen LogP contribution is -2.47. The van der Waals surface area contributed by atoms with Gasteiger partial charge in [-0.2, -0.15) is 0 Å². The minimum Gasteiger partial charge on any atom is -0.386 e. The van der Waals surface area contributed by atoms with Gasteiger partial charge in [-0.05, 0) is 12.0 Å². The zero-order chi connectivity index (χ0) is 11.3. The maximum atomic E-state index is 11.4. The van der Waals surface area contributed by atoms with Crippen LogP contribution in [0, 0.1) is 0 Å². The fraction of sp³-hybridized carbons (Fsp3) is 0.857. The molecule has 0 radical (unpaired) electrons. The molecular weight excluding hydrogens is 204 g/mol. The van der Waals surface area contributed by atoms with E-state index in [1.165, 1.54) is 19.1 Å². The Morgan fingerprint density at radius 1 is 1.47 bits per heavy atom. The lowest BCUT2D eigenvalue weighted by Gasteiger charge is -2.33. The maximum absolute atomic E-state index is 11.4. The number of rotatable bonds is 4. The zero-order valence-corrected chi connectivity index (χ0v) is 8.54. The number of ether oxygens (including phenoxy) is 3. The predicted molar refractivity (Wildman–Crippen MR) is 48.6 cm³/mol. The van der Waals surface area contributed by atoms with Crippen LogP contribution in [-0.2, 0) is 14.2 Å². The minimum atomic E-state index is -2.01. The van der Waals surface area contributed by atoms with Crippen LogP contribution >= 0.6 is 0 Å². The molecule has 0 spiro atoms. The van der Waals surface area contributed by atoms with Crippen molar-refractivity contribution >= 4 is 6.09 Å². The molecule has 15 heavy (non-hydrogen) atoms. The van der Waals surface area contributed by atoms with Crippen LogP contribution in [0.2, 0.25) is 0 Å². The number of methoxy groups -OCH3 is 2. The van der Waals surface area contributed by atoms with Gasteiger partial charge in [0.15, 0.2) is 0 Å². The Kier molecular flexibility index (Phi) is 3.73. The van der Waals surface area contributed by atoms with Crippen molar-refractivity contribution in [2.45, 2.75) is 12.5 Å². The fourth-order valence-electron chi connectivity index (χ4n) is 0.997. The van der Waals surface area contributed by atoms with Gasteiger partial charge in [0, 0.05) is 37.3 Å². The summed E-state index contributed by atoms with van der Waals surface area (Å²) < 4.78 is 14.2. The smallest absolute Gasteiger partial charge is 0.386 e. The summed E-state index contributed by atoms with van der Waals surface area (Å²) in [7, 11) is 2.42.